The van der Waals surface area contributed by atoms with Gasteiger partial charge >= 0.3 is 124 Å². The molecule has 0 radical (unpaired) electrons. The van der Waals surface area contributed by atoms with Crippen LogP contribution in [-0.4, -0.2) is 23.2 Å². The van der Waals surface area contributed by atoms with Gasteiger partial charge in [0.25, 0.3) is 0 Å². The van der Waals surface area contributed by atoms with Gasteiger partial charge in [-0.3, -0.25) is 0 Å². The summed E-state index contributed by atoms with van der Waals surface area (Å²) >= 11 is 2.64. The zero-order chi connectivity index (χ0) is 12.1. The molecule has 0 bridgehead atoms. The molecule has 0 saturated heterocycles. The van der Waals surface area contributed by atoms with Gasteiger partial charge in [-0.2, -0.15) is 0 Å². The van der Waals surface area contributed by atoms with Crippen LogP contribution in [0.25, 0.3) is 0 Å². The fourth-order valence-corrected chi connectivity index (χ4v) is 6.64. The Morgan fingerprint density at radius 3 is 2.59 bits per heavy atom. The molecule has 0 aliphatic heterocycles. The molecule has 0 unspecified atom stereocenters. The zero-order valence-corrected chi connectivity index (χ0v) is 14.4. The number of aryl methyl sites for hydroxylation is 1. The molecule has 0 amide bonds. The van der Waals surface area contributed by atoms with Crippen molar-refractivity contribution in [2.75, 3.05) is 0 Å². The van der Waals surface area contributed by atoms with Crippen molar-refractivity contribution in [3.05, 3.63) is 39.0 Å². The summed E-state index contributed by atoms with van der Waals surface area (Å²) in [6.07, 6.45) is 7.38. The maximum absolute atomic E-state index is 4.60. The molecule has 17 heavy (non-hydrogen) atoms. The number of nitrogens with zero attached hydrogens (tertiary/aromatic N) is 1. The van der Waals surface area contributed by atoms with Crippen LogP contribution in [0, 0.1) is 6.92 Å². The van der Waals surface area contributed by atoms with E-state index in [0.717, 1.165) is 5.69 Å². The third kappa shape index (κ3) is 4.08. The molecular weight excluding hydrogens is 437 g/mol. The predicted octanol–water partition coefficient (Wildman–Crippen LogP) is 4.58. The molecular formula is C14H16INTe. The van der Waals surface area contributed by atoms with Gasteiger partial charge in [0, 0.05) is 0 Å². The SMILES string of the molecule is Cc1ccc(N=CC2=C([Te]I)CCCC2)cc1. The minimum atomic E-state index is 0.0477. The average molecular weight is 453 g/mol. The van der Waals surface area contributed by atoms with Crippen molar-refractivity contribution in [2.45, 2.75) is 32.6 Å². The number of halogens is 1. The molecule has 0 atom stereocenters. The summed E-state index contributed by atoms with van der Waals surface area (Å²) in [5.41, 5.74) is 3.89. The maximum atomic E-state index is 4.60. The van der Waals surface area contributed by atoms with Crippen LogP contribution in [0.1, 0.15) is 31.2 Å². The van der Waals surface area contributed by atoms with Crippen molar-refractivity contribution in [1.29, 1.82) is 0 Å². The Bertz CT molecular complexity index is 434. The van der Waals surface area contributed by atoms with Crippen LogP contribution in [0.2, 0.25) is 0 Å². The second-order valence-electron chi connectivity index (χ2n) is 4.33. The first-order chi connectivity index (χ1) is 8.29. The Morgan fingerprint density at radius 2 is 1.88 bits per heavy atom. The molecule has 1 aromatic carbocycles. The molecule has 1 aliphatic carbocycles. The first kappa shape index (κ1) is 13.6. The van der Waals surface area contributed by atoms with Gasteiger partial charge in [0.2, 0.25) is 0 Å². The van der Waals surface area contributed by atoms with E-state index in [0.29, 0.717) is 0 Å². The fraction of sp³-hybridized carbons (Fsp3) is 0.357. The predicted molar refractivity (Wildman–Crippen MR) is 84.6 cm³/mol. The van der Waals surface area contributed by atoms with Crippen molar-refractivity contribution in [3.8, 4) is 0 Å². The molecule has 0 heterocycles. The van der Waals surface area contributed by atoms with Crippen LogP contribution in [-0.2, 0) is 0 Å². The van der Waals surface area contributed by atoms with Crippen LogP contribution in [0.15, 0.2) is 38.5 Å². The van der Waals surface area contributed by atoms with E-state index in [9.17, 15) is 0 Å². The number of hydrogen-bond acceptors (Lipinski definition) is 1. The van der Waals surface area contributed by atoms with E-state index < -0.39 is 0 Å². The summed E-state index contributed by atoms with van der Waals surface area (Å²) in [6, 6.07) is 8.43. The molecule has 0 fully saturated rings. The van der Waals surface area contributed by atoms with Crippen LogP contribution in [0.5, 0.6) is 0 Å². The number of benzene rings is 1. The number of allylic oxidation sites excluding steroid dienone is 2. The molecule has 2 rings (SSSR count). The van der Waals surface area contributed by atoms with Crippen LogP contribution < -0.4 is 0 Å². The monoisotopic (exact) mass is 455 g/mol. The van der Waals surface area contributed by atoms with Crippen LogP contribution in [0.3, 0.4) is 0 Å². The average Bonchev–Trinajstić information content (AvgIpc) is 2.38. The second kappa shape index (κ2) is 6.92. The van der Waals surface area contributed by atoms with E-state index in [1.165, 1.54) is 36.8 Å². The first-order valence-corrected chi connectivity index (χ1v) is 13.9. The van der Waals surface area contributed by atoms with Gasteiger partial charge in [-0.15, -0.1) is 0 Å². The molecule has 0 spiro atoms. The van der Waals surface area contributed by atoms with Crippen molar-refractivity contribution < 1.29 is 0 Å². The van der Waals surface area contributed by atoms with Gasteiger partial charge in [0.1, 0.15) is 0 Å². The molecule has 0 aromatic heterocycles. The summed E-state index contributed by atoms with van der Waals surface area (Å²) in [7, 11) is 0. The third-order valence-electron chi connectivity index (χ3n) is 2.95. The van der Waals surface area contributed by atoms with Gasteiger partial charge in [-0.25, -0.2) is 0 Å². The normalized spacial score (nSPS) is 16.8. The van der Waals surface area contributed by atoms with Crippen LogP contribution >= 0.6 is 18.7 Å². The first-order valence-electron chi connectivity index (χ1n) is 5.91. The summed E-state index contributed by atoms with van der Waals surface area (Å²) in [4.78, 5) is 4.60. The molecule has 1 nitrogen and oxygen atoms in total. The molecule has 1 aliphatic rings. The van der Waals surface area contributed by atoms with E-state index in [1.54, 1.807) is 3.62 Å². The summed E-state index contributed by atoms with van der Waals surface area (Å²) in [6.45, 7) is 2.11. The van der Waals surface area contributed by atoms with Gasteiger partial charge in [0.15, 0.2) is 0 Å². The zero-order valence-electron chi connectivity index (χ0n) is 9.95. The van der Waals surface area contributed by atoms with E-state index in [2.05, 4.69) is 61.1 Å². The van der Waals surface area contributed by atoms with Crippen molar-refractivity contribution in [1.82, 2.24) is 0 Å². The molecule has 3 heteroatoms. The molecule has 0 N–H and O–H groups in total. The standard InChI is InChI=1S/C14H16INTe/c1-11-6-8-13(9-7-11)16-10-12-4-2-3-5-14(12)17-15/h6-10H,2-5H2,1H3. The Balaban J connectivity index is 2.14. The Morgan fingerprint density at radius 1 is 1.18 bits per heavy atom. The van der Waals surface area contributed by atoms with E-state index in [4.69, 9.17) is 0 Å². The number of rotatable bonds is 3. The van der Waals surface area contributed by atoms with Crippen molar-refractivity contribution in [3.63, 3.8) is 0 Å². The van der Waals surface area contributed by atoms with Gasteiger partial charge in [0.05, 0.1) is 0 Å². The number of hydrogen-bond donors (Lipinski definition) is 0. The van der Waals surface area contributed by atoms with Gasteiger partial charge in [-0.05, 0) is 0 Å². The topological polar surface area (TPSA) is 12.4 Å². The van der Waals surface area contributed by atoms with Crippen LogP contribution in [0.4, 0.5) is 5.69 Å². The minimum absolute atomic E-state index is 0.0477. The molecule has 1 aromatic rings. The van der Waals surface area contributed by atoms with Crippen molar-refractivity contribution in [2.24, 2.45) is 4.99 Å². The Hall–Kier alpha value is 0.150. The van der Waals surface area contributed by atoms with E-state index in [-0.39, 0.29) is 17.0 Å². The van der Waals surface area contributed by atoms with E-state index in [1.807, 2.05) is 0 Å². The summed E-state index contributed by atoms with van der Waals surface area (Å²) in [5.74, 6) is 0. The molecule has 0 saturated carbocycles. The fourth-order valence-electron chi connectivity index (χ4n) is 1.91. The van der Waals surface area contributed by atoms with Gasteiger partial charge < -0.3 is 0 Å². The second-order valence-corrected chi connectivity index (χ2v) is 9.13. The van der Waals surface area contributed by atoms with Gasteiger partial charge in [-0.1, -0.05) is 0 Å². The Labute approximate surface area is 123 Å². The quantitative estimate of drug-likeness (QED) is 0.362. The summed E-state index contributed by atoms with van der Waals surface area (Å²) in [5, 5.41) is 0. The number of aliphatic imine (C=N–C) groups is 1. The van der Waals surface area contributed by atoms with E-state index >= 15 is 0 Å². The Kier molecular flexibility index (Phi) is 5.52. The molecule has 90 valence electrons. The van der Waals surface area contributed by atoms with Crippen molar-refractivity contribution >= 4 is 47.6 Å². The summed E-state index contributed by atoms with van der Waals surface area (Å²) < 4.78 is 1.72. The third-order valence-corrected chi connectivity index (χ3v) is 8.38.